The first-order valence-corrected chi connectivity index (χ1v) is 6.94. The number of halogens is 3. The van der Waals surface area contributed by atoms with Gasteiger partial charge in [0.1, 0.15) is 5.75 Å². The van der Waals surface area contributed by atoms with Gasteiger partial charge in [0.25, 0.3) is 0 Å². The lowest BCUT2D eigenvalue weighted by molar-refractivity contribution is -0.138. The molecule has 1 aromatic rings. The van der Waals surface area contributed by atoms with Crippen molar-refractivity contribution < 1.29 is 27.8 Å². The monoisotopic (exact) mass is 319 g/mol. The number of hydrogen-bond donors (Lipinski definition) is 2. The molecule has 4 nitrogen and oxygen atoms in total. The maximum atomic E-state index is 12.6. The molecule has 7 heteroatoms. The molecule has 0 spiro atoms. The summed E-state index contributed by atoms with van der Waals surface area (Å²) in [6, 6.07) is 4.67. The average molecular weight is 319 g/mol. The summed E-state index contributed by atoms with van der Waals surface area (Å²) in [6.07, 6.45) is -3.89. The molecule has 1 aromatic carbocycles. The zero-order chi connectivity index (χ0) is 16.8. The van der Waals surface area contributed by atoms with E-state index in [1.807, 2.05) is 6.92 Å². The van der Waals surface area contributed by atoms with Gasteiger partial charge in [0.15, 0.2) is 0 Å². The highest BCUT2D eigenvalue weighted by molar-refractivity contribution is 5.67. The Balaban J connectivity index is 2.53. The molecule has 3 N–H and O–H groups in total. The Labute approximate surface area is 127 Å². The molecule has 0 heterocycles. The fraction of sp³-hybridized carbons (Fsp3) is 0.533. The van der Waals surface area contributed by atoms with Gasteiger partial charge in [-0.05, 0) is 43.0 Å². The first-order valence-electron chi connectivity index (χ1n) is 6.94. The van der Waals surface area contributed by atoms with Gasteiger partial charge in [-0.2, -0.15) is 13.2 Å². The van der Waals surface area contributed by atoms with Crippen LogP contribution in [0.2, 0.25) is 0 Å². The topological polar surface area (TPSA) is 72.5 Å². The molecule has 1 unspecified atom stereocenters. The van der Waals surface area contributed by atoms with E-state index < -0.39 is 17.7 Å². The van der Waals surface area contributed by atoms with Crippen molar-refractivity contribution in [2.75, 3.05) is 13.2 Å². The van der Waals surface area contributed by atoms with Crippen LogP contribution >= 0.6 is 0 Å². The summed E-state index contributed by atoms with van der Waals surface area (Å²) in [5, 5.41) is 8.75. The minimum absolute atomic E-state index is 0.0116. The van der Waals surface area contributed by atoms with Crippen LogP contribution in [-0.4, -0.2) is 24.2 Å². The van der Waals surface area contributed by atoms with Crippen molar-refractivity contribution in [1.82, 2.24) is 0 Å². The standard InChI is InChI=1S/C15H20F3NO3/c1-10(5-11(8-19)6-14(20)21)9-22-13-4-2-3-12(7-13)15(16,17)18/h2-4,7,10-11H,5-6,8-9,19H2,1H3,(H,20,21)/t10?,11-/m0/s1. The molecule has 2 atom stereocenters. The summed E-state index contributed by atoms with van der Waals surface area (Å²) in [6.45, 7) is 2.30. The second-order valence-corrected chi connectivity index (χ2v) is 5.38. The zero-order valence-electron chi connectivity index (χ0n) is 12.3. The van der Waals surface area contributed by atoms with Gasteiger partial charge in [0, 0.05) is 6.42 Å². The summed E-state index contributed by atoms with van der Waals surface area (Å²) in [5.41, 5.74) is 4.75. The van der Waals surface area contributed by atoms with Crippen LogP contribution in [0.15, 0.2) is 24.3 Å². The van der Waals surface area contributed by atoms with Crippen LogP contribution in [-0.2, 0) is 11.0 Å². The molecule has 1 rings (SSSR count). The van der Waals surface area contributed by atoms with Gasteiger partial charge in [0.2, 0.25) is 0 Å². The SMILES string of the molecule is CC(COc1cccc(C(F)(F)F)c1)C[C@H](CN)CC(=O)O. The highest BCUT2D eigenvalue weighted by Gasteiger charge is 2.30. The number of carbonyl (C=O) groups is 1. The second-order valence-electron chi connectivity index (χ2n) is 5.38. The maximum Gasteiger partial charge on any atom is 0.416 e. The number of nitrogens with two attached hydrogens (primary N) is 1. The molecular formula is C15H20F3NO3. The number of ether oxygens (including phenoxy) is 1. The Hall–Kier alpha value is -1.76. The van der Waals surface area contributed by atoms with Crippen LogP contribution in [0.4, 0.5) is 13.2 Å². The Morgan fingerprint density at radius 2 is 2.09 bits per heavy atom. The highest BCUT2D eigenvalue weighted by atomic mass is 19.4. The fourth-order valence-electron chi connectivity index (χ4n) is 2.15. The third-order valence-corrected chi connectivity index (χ3v) is 3.23. The first kappa shape index (κ1) is 18.3. The molecule has 0 amide bonds. The van der Waals surface area contributed by atoms with E-state index in [1.165, 1.54) is 12.1 Å². The average Bonchev–Trinajstić information content (AvgIpc) is 2.43. The predicted molar refractivity (Wildman–Crippen MR) is 75.5 cm³/mol. The molecule has 0 radical (unpaired) electrons. The van der Waals surface area contributed by atoms with Gasteiger partial charge >= 0.3 is 12.1 Å². The van der Waals surface area contributed by atoms with Gasteiger partial charge < -0.3 is 15.6 Å². The van der Waals surface area contributed by atoms with Crippen LogP contribution in [0.3, 0.4) is 0 Å². The smallest absolute Gasteiger partial charge is 0.416 e. The van der Waals surface area contributed by atoms with Crippen molar-refractivity contribution in [3.05, 3.63) is 29.8 Å². The Morgan fingerprint density at radius 3 is 2.64 bits per heavy atom. The van der Waals surface area contributed by atoms with Gasteiger partial charge in [-0.1, -0.05) is 13.0 Å². The lowest BCUT2D eigenvalue weighted by Gasteiger charge is -2.19. The van der Waals surface area contributed by atoms with Crippen molar-refractivity contribution >= 4 is 5.97 Å². The van der Waals surface area contributed by atoms with Gasteiger partial charge in [0.05, 0.1) is 12.2 Å². The number of hydrogen-bond acceptors (Lipinski definition) is 3. The van der Waals surface area contributed by atoms with Crippen LogP contribution in [0.5, 0.6) is 5.75 Å². The maximum absolute atomic E-state index is 12.6. The summed E-state index contributed by atoms with van der Waals surface area (Å²) in [7, 11) is 0. The Morgan fingerprint density at radius 1 is 1.41 bits per heavy atom. The number of benzene rings is 1. The van der Waals surface area contributed by atoms with E-state index in [9.17, 15) is 18.0 Å². The molecule has 22 heavy (non-hydrogen) atoms. The summed E-state index contributed by atoms with van der Waals surface area (Å²) in [5.74, 6) is -0.953. The number of carboxylic acid groups (broad SMARTS) is 1. The van der Waals surface area contributed by atoms with E-state index in [0.29, 0.717) is 6.42 Å². The number of carboxylic acids is 1. The van der Waals surface area contributed by atoms with E-state index in [0.717, 1.165) is 12.1 Å². The van der Waals surface area contributed by atoms with E-state index in [2.05, 4.69) is 0 Å². The zero-order valence-corrected chi connectivity index (χ0v) is 12.3. The molecule has 0 saturated heterocycles. The third kappa shape index (κ3) is 6.34. The molecule has 0 aliphatic carbocycles. The van der Waals surface area contributed by atoms with E-state index in [1.54, 1.807) is 0 Å². The minimum atomic E-state index is -4.41. The van der Waals surface area contributed by atoms with Gasteiger partial charge in [-0.3, -0.25) is 4.79 Å². The predicted octanol–water partition coefficient (Wildman–Crippen LogP) is 3.16. The van der Waals surface area contributed by atoms with Crippen molar-refractivity contribution in [2.24, 2.45) is 17.6 Å². The van der Waals surface area contributed by atoms with Gasteiger partial charge in [-0.25, -0.2) is 0 Å². The third-order valence-electron chi connectivity index (χ3n) is 3.23. The molecule has 0 bridgehead atoms. The first-order chi connectivity index (χ1) is 10.2. The lowest BCUT2D eigenvalue weighted by atomic mass is 9.93. The molecule has 124 valence electrons. The molecule has 0 aliphatic rings. The fourth-order valence-corrected chi connectivity index (χ4v) is 2.15. The number of rotatable bonds is 8. The lowest BCUT2D eigenvalue weighted by Crippen LogP contribution is -2.22. The quantitative estimate of drug-likeness (QED) is 0.772. The van der Waals surface area contributed by atoms with Crippen LogP contribution in [0, 0.1) is 11.8 Å². The summed E-state index contributed by atoms with van der Waals surface area (Å²) < 4.78 is 43.1. The highest BCUT2D eigenvalue weighted by Crippen LogP contribution is 2.31. The number of aliphatic carboxylic acids is 1. The molecular weight excluding hydrogens is 299 g/mol. The summed E-state index contributed by atoms with van der Waals surface area (Å²) in [4.78, 5) is 10.7. The molecule has 0 fully saturated rings. The minimum Gasteiger partial charge on any atom is -0.493 e. The normalized spacial score (nSPS) is 14.4. The van der Waals surface area contributed by atoms with E-state index in [-0.39, 0.29) is 37.2 Å². The van der Waals surface area contributed by atoms with Crippen LogP contribution in [0.25, 0.3) is 0 Å². The van der Waals surface area contributed by atoms with Crippen LogP contribution in [0.1, 0.15) is 25.3 Å². The Kier molecular flexibility index (Phi) is 6.67. The van der Waals surface area contributed by atoms with Crippen molar-refractivity contribution in [3.63, 3.8) is 0 Å². The van der Waals surface area contributed by atoms with Crippen molar-refractivity contribution in [1.29, 1.82) is 0 Å². The summed E-state index contributed by atoms with van der Waals surface area (Å²) >= 11 is 0. The second kappa shape index (κ2) is 8.03. The van der Waals surface area contributed by atoms with Crippen molar-refractivity contribution in [2.45, 2.75) is 25.9 Å². The number of alkyl halides is 3. The Bertz CT molecular complexity index is 491. The van der Waals surface area contributed by atoms with Crippen LogP contribution < -0.4 is 10.5 Å². The molecule has 0 aliphatic heterocycles. The van der Waals surface area contributed by atoms with Gasteiger partial charge in [-0.15, -0.1) is 0 Å². The largest absolute Gasteiger partial charge is 0.493 e. The van der Waals surface area contributed by atoms with E-state index >= 15 is 0 Å². The van der Waals surface area contributed by atoms with E-state index in [4.69, 9.17) is 15.6 Å². The van der Waals surface area contributed by atoms with Crippen molar-refractivity contribution in [3.8, 4) is 5.75 Å². The molecule has 0 saturated carbocycles. The molecule has 0 aromatic heterocycles.